The molecule has 1 aliphatic carbocycles. The topological polar surface area (TPSA) is 21.3 Å². The van der Waals surface area contributed by atoms with Crippen molar-refractivity contribution in [2.24, 2.45) is 11.3 Å². The molecule has 0 aromatic heterocycles. The van der Waals surface area contributed by atoms with Gasteiger partial charge in [0.05, 0.1) is 0 Å². The highest BCUT2D eigenvalue weighted by atomic mass is 16.5. The Kier molecular flexibility index (Phi) is 7.14. The Balaban J connectivity index is 2.29. The zero-order valence-corrected chi connectivity index (χ0v) is 12.1. The third-order valence-corrected chi connectivity index (χ3v) is 3.89. The Morgan fingerprint density at radius 2 is 1.88 bits per heavy atom. The highest BCUT2D eigenvalue weighted by Crippen LogP contribution is 2.38. The molecule has 1 N–H and O–H groups in total. The lowest BCUT2D eigenvalue weighted by atomic mass is 9.72. The van der Waals surface area contributed by atoms with E-state index in [0.29, 0.717) is 11.3 Å². The lowest BCUT2D eigenvalue weighted by molar-refractivity contribution is 0.0604. The molecule has 0 atom stereocenters. The Morgan fingerprint density at radius 1 is 1.18 bits per heavy atom. The summed E-state index contributed by atoms with van der Waals surface area (Å²) in [4.78, 5) is 0. The highest BCUT2D eigenvalue weighted by Gasteiger charge is 2.31. The van der Waals surface area contributed by atoms with Crippen molar-refractivity contribution < 1.29 is 4.74 Å². The standard InChI is InChI=1S/C15H31NO/c1-4-16-13-15(8-6-5-7-9-15)10-11-17-12-14(2)3/h14,16H,4-13H2,1-3H3. The minimum Gasteiger partial charge on any atom is -0.381 e. The molecule has 1 fully saturated rings. The average Bonchev–Trinajstić information content (AvgIpc) is 2.33. The van der Waals surface area contributed by atoms with Crippen LogP contribution in [0, 0.1) is 11.3 Å². The van der Waals surface area contributed by atoms with E-state index in [0.717, 1.165) is 19.8 Å². The van der Waals surface area contributed by atoms with Gasteiger partial charge in [0, 0.05) is 19.8 Å². The fraction of sp³-hybridized carbons (Fsp3) is 1.00. The van der Waals surface area contributed by atoms with E-state index in [4.69, 9.17) is 4.74 Å². The van der Waals surface area contributed by atoms with E-state index in [1.54, 1.807) is 0 Å². The Hall–Kier alpha value is -0.0800. The number of hydrogen-bond donors (Lipinski definition) is 1. The summed E-state index contributed by atoms with van der Waals surface area (Å²) >= 11 is 0. The van der Waals surface area contributed by atoms with Gasteiger partial charge in [0.1, 0.15) is 0 Å². The monoisotopic (exact) mass is 241 g/mol. The molecule has 1 saturated carbocycles. The molecule has 0 heterocycles. The van der Waals surface area contributed by atoms with Gasteiger partial charge in [-0.25, -0.2) is 0 Å². The molecule has 0 unspecified atom stereocenters. The van der Waals surface area contributed by atoms with Crippen molar-refractivity contribution in [2.45, 2.75) is 59.3 Å². The summed E-state index contributed by atoms with van der Waals surface area (Å²) < 4.78 is 5.78. The van der Waals surface area contributed by atoms with Crippen LogP contribution in [0.15, 0.2) is 0 Å². The molecule has 1 rings (SSSR count). The summed E-state index contributed by atoms with van der Waals surface area (Å²) in [6, 6.07) is 0. The summed E-state index contributed by atoms with van der Waals surface area (Å²) in [5.41, 5.74) is 0.533. The highest BCUT2D eigenvalue weighted by molar-refractivity contribution is 4.84. The van der Waals surface area contributed by atoms with E-state index in [1.807, 2.05) is 0 Å². The SMILES string of the molecule is CCNCC1(CCOCC(C)C)CCCCC1. The van der Waals surface area contributed by atoms with Gasteiger partial charge in [-0.2, -0.15) is 0 Å². The molecule has 102 valence electrons. The smallest absolute Gasteiger partial charge is 0.0488 e. The lowest BCUT2D eigenvalue weighted by Crippen LogP contribution is -2.37. The van der Waals surface area contributed by atoms with Gasteiger partial charge in [-0.3, -0.25) is 0 Å². The van der Waals surface area contributed by atoms with E-state index in [9.17, 15) is 0 Å². The number of hydrogen-bond acceptors (Lipinski definition) is 2. The van der Waals surface area contributed by atoms with Crippen molar-refractivity contribution in [3.05, 3.63) is 0 Å². The third-order valence-electron chi connectivity index (χ3n) is 3.89. The molecule has 0 amide bonds. The second-order valence-electron chi connectivity index (χ2n) is 6.06. The van der Waals surface area contributed by atoms with Crippen LogP contribution in [0.5, 0.6) is 0 Å². The molecule has 0 aliphatic heterocycles. The van der Waals surface area contributed by atoms with Crippen molar-refractivity contribution in [1.29, 1.82) is 0 Å². The average molecular weight is 241 g/mol. The van der Waals surface area contributed by atoms with Gasteiger partial charge in [0.2, 0.25) is 0 Å². The van der Waals surface area contributed by atoms with Crippen LogP contribution in [-0.4, -0.2) is 26.3 Å². The minimum atomic E-state index is 0.533. The number of nitrogens with one attached hydrogen (secondary N) is 1. The zero-order chi connectivity index (χ0) is 12.6. The predicted octanol–water partition coefficient (Wildman–Crippen LogP) is 3.61. The van der Waals surface area contributed by atoms with Gasteiger partial charge in [0.25, 0.3) is 0 Å². The maximum Gasteiger partial charge on any atom is 0.0488 e. The molecule has 0 aromatic rings. The largest absolute Gasteiger partial charge is 0.381 e. The van der Waals surface area contributed by atoms with Crippen LogP contribution in [0.4, 0.5) is 0 Å². The van der Waals surface area contributed by atoms with E-state index < -0.39 is 0 Å². The fourth-order valence-electron chi connectivity index (χ4n) is 2.81. The molecular weight excluding hydrogens is 210 g/mol. The summed E-state index contributed by atoms with van der Waals surface area (Å²) in [5, 5.41) is 3.55. The number of rotatable bonds is 8. The first-order valence-electron chi connectivity index (χ1n) is 7.47. The first kappa shape index (κ1) is 15.0. The van der Waals surface area contributed by atoms with Gasteiger partial charge in [-0.05, 0) is 37.1 Å². The van der Waals surface area contributed by atoms with Crippen molar-refractivity contribution in [1.82, 2.24) is 5.32 Å². The van der Waals surface area contributed by atoms with E-state index in [-0.39, 0.29) is 0 Å². The van der Waals surface area contributed by atoms with Crippen LogP contribution in [0.1, 0.15) is 59.3 Å². The van der Waals surface area contributed by atoms with Crippen molar-refractivity contribution >= 4 is 0 Å². The van der Waals surface area contributed by atoms with Crippen molar-refractivity contribution in [2.75, 3.05) is 26.3 Å². The molecule has 2 heteroatoms. The van der Waals surface area contributed by atoms with E-state index in [1.165, 1.54) is 45.1 Å². The van der Waals surface area contributed by atoms with Crippen LogP contribution in [0.2, 0.25) is 0 Å². The van der Waals surface area contributed by atoms with Gasteiger partial charge in [-0.15, -0.1) is 0 Å². The first-order valence-corrected chi connectivity index (χ1v) is 7.47. The maximum atomic E-state index is 5.78. The minimum absolute atomic E-state index is 0.533. The van der Waals surface area contributed by atoms with E-state index >= 15 is 0 Å². The fourth-order valence-corrected chi connectivity index (χ4v) is 2.81. The van der Waals surface area contributed by atoms with Crippen LogP contribution in [0.25, 0.3) is 0 Å². The molecule has 17 heavy (non-hydrogen) atoms. The number of ether oxygens (including phenoxy) is 1. The summed E-state index contributed by atoms with van der Waals surface area (Å²) in [7, 11) is 0. The van der Waals surface area contributed by atoms with Crippen LogP contribution in [0.3, 0.4) is 0 Å². The van der Waals surface area contributed by atoms with Crippen molar-refractivity contribution in [3.63, 3.8) is 0 Å². The second kappa shape index (κ2) is 8.10. The molecular formula is C15H31NO. The quantitative estimate of drug-likeness (QED) is 0.656. The Labute approximate surface area is 108 Å². The third kappa shape index (κ3) is 5.87. The van der Waals surface area contributed by atoms with Crippen molar-refractivity contribution in [3.8, 4) is 0 Å². The molecule has 0 radical (unpaired) electrons. The van der Waals surface area contributed by atoms with Gasteiger partial charge in [-0.1, -0.05) is 40.0 Å². The van der Waals surface area contributed by atoms with Gasteiger partial charge >= 0.3 is 0 Å². The Bertz CT molecular complexity index is 185. The Morgan fingerprint density at radius 3 is 2.47 bits per heavy atom. The molecule has 2 nitrogen and oxygen atoms in total. The summed E-state index contributed by atoms with van der Waals surface area (Å²) in [6.45, 7) is 10.8. The molecule has 0 saturated heterocycles. The normalized spacial score (nSPS) is 19.8. The zero-order valence-electron chi connectivity index (χ0n) is 12.1. The van der Waals surface area contributed by atoms with Gasteiger partial charge < -0.3 is 10.1 Å². The molecule has 1 aliphatic rings. The molecule has 0 bridgehead atoms. The lowest BCUT2D eigenvalue weighted by Gasteiger charge is -2.37. The second-order valence-corrected chi connectivity index (χ2v) is 6.06. The maximum absolute atomic E-state index is 5.78. The van der Waals surface area contributed by atoms with Gasteiger partial charge in [0.15, 0.2) is 0 Å². The van der Waals surface area contributed by atoms with E-state index in [2.05, 4.69) is 26.1 Å². The summed E-state index contributed by atoms with van der Waals surface area (Å²) in [6.07, 6.45) is 8.29. The first-order chi connectivity index (χ1) is 8.18. The predicted molar refractivity (Wildman–Crippen MR) is 74.3 cm³/mol. The van der Waals surface area contributed by atoms with Crippen LogP contribution >= 0.6 is 0 Å². The molecule has 0 aromatic carbocycles. The summed E-state index contributed by atoms with van der Waals surface area (Å²) in [5.74, 6) is 0.658. The molecule has 0 spiro atoms. The van der Waals surface area contributed by atoms with Crippen LogP contribution < -0.4 is 5.32 Å². The van der Waals surface area contributed by atoms with Crippen LogP contribution in [-0.2, 0) is 4.74 Å².